The summed E-state index contributed by atoms with van der Waals surface area (Å²) in [5.41, 5.74) is 9.88. The Morgan fingerprint density at radius 2 is 1.67 bits per heavy atom. The van der Waals surface area contributed by atoms with Crippen molar-refractivity contribution in [2.24, 2.45) is 5.73 Å². The van der Waals surface area contributed by atoms with Crippen LogP contribution in [0.3, 0.4) is 0 Å². The summed E-state index contributed by atoms with van der Waals surface area (Å²) in [6, 6.07) is 12.1. The van der Waals surface area contributed by atoms with Crippen LogP contribution in [-0.2, 0) is 6.42 Å². The number of hydrogen-bond donors (Lipinski definition) is 1. The number of nitrogens with zero attached hydrogens (tertiary/aromatic N) is 1. The summed E-state index contributed by atoms with van der Waals surface area (Å²) in [7, 11) is 0. The highest BCUT2D eigenvalue weighted by Crippen LogP contribution is 2.23. The smallest absolute Gasteiger partial charge is 0.256 e. The molecule has 0 spiro atoms. The van der Waals surface area contributed by atoms with Crippen molar-refractivity contribution in [3.05, 3.63) is 57.9 Å². The predicted octanol–water partition coefficient (Wildman–Crippen LogP) is 3.68. The monoisotopic (exact) mass is 284 g/mol. The fourth-order valence-corrected chi connectivity index (χ4v) is 2.57. The second-order valence-corrected chi connectivity index (χ2v) is 5.78. The molecular formula is C18H24N2O. The van der Waals surface area contributed by atoms with Crippen molar-refractivity contribution >= 4 is 0 Å². The molecule has 1 atom stereocenters. The normalized spacial score (nSPS) is 12.7. The van der Waals surface area contributed by atoms with Gasteiger partial charge < -0.3 is 10.3 Å². The quantitative estimate of drug-likeness (QED) is 0.931. The van der Waals surface area contributed by atoms with Crippen molar-refractivity contribution in [3.8, 4) is 11.3 Å². The van der Waals surface area contributed by atoms with Crippen LogP contribution in [0.25, 0.3) is 11.3 Å². The highest BCUT2D eigenvalue weighted by atomic mass is 16.1. The minimum absolute atomic E-state index is 0.0112. The first-order valence-electron chi connectivity index (χ1n) is 7.56. The van der Waals surface area contributed by atoms with Gasteiger partial charge in [0, 0.05) is 17.6 Å². The van der Waals surface area contributed by atoms with Gasteiger partial charge in [0.25, 0.3) is 5.56 Å². The molecule has 3 nitrogen and oxygen atoms in total. The number of aryl methyl sites for hydroxylation is 1. The molecule has 21 heavy (non-hydrogen) atoms. The topological polar surface area (TPSA) is 48.0 Å². The van der Waals surface area contributed by atoms with Crippen molar-refractivity contribution in [1.82, 2.24) is 4.57 Å². The molecule has 2 aromatic rings. The van der Waals surface area contributed by atoms with Gasteiger partial charge in [-0.1, -0.05) is 31.2 Å². The van der Waals surface area contributed by atoms with Crippen LogP contribution in [0.2, 0.25) is 0 Å². The summed E-state index contributed by atoms with van der Waals surface area (Å²) in [4.78, 5) is 12.7. The Labute approximate surface area is 126 Å². The lowest BCUT2D eigenvalue weighted by atomic mass is 10.0. The Morgan fingerprint density at radius 1 is 1.05 bits per heavy atom. The average molecular weight is 284 g/mol. The Bertz CT molecular complexity index is 667. The number of aromatic nitrogens is 1. The zero-order valence-corrected chi connectivity index (χ0v) is 13.3. The van der Waals surface area contributed by atoms with E-state index in [2.05, 4.69) is 31.2 Å². The van der Waals surface area contributed by atoms with Crippen molar-refractivity contribution in [2.75, 3.05) is 0 Å². The molecule has 1 unspecified atom stereocenters. The van der Waals surface area contributed by atoms with E-state index in [1.165, 1.54) is 5.56 Å². The van der Waals surface area contributed by atoms with E-state index in [1.54, 1.807) is 0 Å². The second kappa shape index (κ2) is 6.27. The van der Waals surface area contributed by atoms with E-state index in [0.29, 0.717) is 5.56 Å². The fraction of sp³-hybridized carbons (Fsp3) is 0.389. The van der Waals surface area contributed by atoms with E-state index in [-0.39, 0.29) is 17.6 Å². The van der Waals surface area contributed by atoms with E-state index in [0.717, 1.165) is 17.7 Å². The van der Waals surface area contributed by atoms with Gasteiger partial charge in [0.15, 0.2) is 0 Å². The molecule has 1 heterocycles. The van der Waals surface area contributed by atoms with Gasteiger partial charge in [-0.05, 0) is 50.5 Å². The largest absolute Gasteiger partial charge is 0.324 e. The van der Waals surface area contributed by atoms with Crippen molar-refractivity contribution in [3.63, 3.8) is 0 Å². The van der Waals surface area contributed by atoms with Gasteiger partial charge in [-0.15, -0.1) is 0 Å². The molecule has 0 aliphatic carbocycles. The maximum atomic E-state index is 12.7. The van der Waals surface area contributed by atoms with E-state index in [1.807, 2.05) is 37.5 Å². The van der Waals surface area contributed by atoms with Gasteiger partial charge >= 0.3 is 0 Å². The van der Waals surface area contributed by atoms with Gasteiger partial charge in [0.1, 0.15) is 0 Å². The van der Waals surface area contributed by atoms with Crippen molar-refractivity contribution in [1.29, 1.82) is 0 Å². The van der Waals surface area contributed by atoms with Crippen LogP contribution >= 0.6 is 0 Å². The molecule has 0 radical (unpaired) electrons. The Balaban J connectivity index is 2.62. The Morgan fingerprint density at radius 3 is 2.14 bits per heavy atom. The molecule has 3 heteroatoms. The van der Waals surface area contributed by atoms with E-state index in [9.17, 15) is 4.79 Å². The first-order valence-corrected chi connectivity index (χ1v) is 7.56. The predicted molar refractivity (Wildman–Crippen MR) is 88.5 cm³/mol. The lowest BCUT2D eigenvalue weighted by molar-refractivity contribution is 0.574. The zero-order valence-electron chi connectivity index (χ0n) is 13.3. The maximum absolute atomic E-state index is 12.7. The van der Waals surface area contributed by atoms with E-state index < -0.39 is 0 Å². The van der Waals surface area contributed by atoms with Crippen LogP contribution in [-0.4, -0.2) is 4.57 Å². The summed E-state index contributed by atoms with van der Waals surface area (Å²) in [6.45, 7) is 8.03. The lowest BCUT2D eigenvalue weighted by Gasteiger charge is -2.19. The maximum Gasteiger partial charge on any atom is 0.256 e. The average Bonchev–Trinajstić information content (AvgIpc) is 2.46. The highest BCUT2D eigenvalue weighted by molar-refractivity contribution is 5.60. The summed E-state index contributed by atoms with van der Waals surface area (Å²) in [5, 5.41) is 0. The summed E-state index contributed by atoms with van der Waals surface area (Å²) in [6.07, 6.45) is 1.01. The standard InChI is InChI=1S/C18H24N2O/c1-5-14-6-8-15(9-7-14)17-11-10-16(13(4)19)18(21)20(17)12(2)3/h6-13H,5,19H2,1-4H3. The molecular weight excluding hydrogens is 260 g/mol. The highest BCUT2D eigenvalue weighted by Gasteiger charge is 2.14. The summed E-state index contributed by atoms with van der Waals surface area (Å²) >= 11 is 0. The molecule has 0 aliphatic rings. The third-order valence-corrected chi connectivity index (χ3v) is 3.81. The summed E-state index contributed by atoms with van der Waals surface area (Å²) in [5.74, 6) is 0. The van der Waals surface area contributed by atoms with Crippen LogP contribution in [0.4, 0.5) is 0 Å². The van der Waals surface area contributed by atoms with Gasteiger partial charge in [-0.3, -0.25) is 4.79 Å². The third-order valence-electron chi connectivity index (χ3n) is 3.81. The molecule has 2 N–H and O–H groups in total. The summed E-state index contributed by atoms with van der Waals surface area (Å²) < 4.78 is 1.83. The lowest BCUT2D eigenvalue weighted by Crippen LogP contribution is -2.29. The number of hydrogen-bond acceptors (Lipinski definition) is 2. The van der Waals surface area contributed by atoms with Crippen molar-refractivity contribution < 1.29 is 0 Å². The van der Waals surface area contributed by atoms with E-state index >= 15 is 0 Å². The number of benzene rings is 1. The van der Waals surface area contributed by atoms with Gasteiger partial charge in [-0.2, -0.15) is 0 Å². The van der Waals surface area contributed by atoms with Crippen LogP contribution in [0, 0.1) is 0 Å². The molecule has 1 aromatic heterocycles. The van der Waals surface area contributed by atoms with Crippen molar-refractivity contribution in [2.45, 2.75) is 46.2 Å². The first-order chi connectivity index (χ1) is 9.95. The van der Waals surface area contributed by atoms with E-state index in [4.69, 9.17) is 5.73 Å². The molecule has 0 saturated carbocycles. The van der Waals surface area contributed by atoms with Gasteiger partial charge in [0.05, 0.1) is 5.69 Å². The minimum Gasteiger partial charge on any atom is -0.324 e. The number of nitrogens with two attached hydrogens (primary N) is 1. The molecule has 0 amide bonds. The van der Waals surface area contributed by atoms with Gasteiger partial charge in [-0.25, -0.2) is 0 Å². The molecule has 112 valence electrons. The molecule has 0 saturated heterocycles. The van der Waals surface area contributed by atoms with Crippen LogP contribution in [0.15, 0.2) is 41.2 Å². The van der Waals surface area contributed by atoms with Crippen LogP contribution in [0.5, 0.6) is 0 Å². The Hall–Kier alpha value is -1.87. The zero-order chi connectivity index (χ0) is 15.6. The molecule has 0 bridgehead atoms. The fourth-order valence-electron chi connectivity index (χ4n) is 2.57. The second-order valence-electron chi connectivity index (χ2n) is 5.78. The van der Waals surface area contributed by atoms with Gasteiger partial charge in [0.2, 0.25) is 0 Å². The third kappa shape index (κ3) is 3.08. The van der Waals surface area contributed by atoms with Crippen LogP contribution < -0.4 is 11.3 Å². The molecule has 0 aliphatic heterocycles. The molecule has 0 fully saturated rings. The SMILES string of the molecule is CCc1ccc(-c2ccc(C(C)N)c(=O)n2C(C)C)cc1. The molecule has 2 rings (SSSR count). The minimum atomic E-state index is -0.251. The Kier molecular flexibility index (Phi) is 4.63. The number of rotatable bonds is 4. The van der Waals surface area contributed by atoms with Crippen LogP contribution in [0.1, 0.15) is 50.9 Å². The molecule has 1 aromatic carbocycles. The first kappa shape index (κ1) is 15.5. The number of pyridine rings is 1.